The van der Waals surface area contributed by atoms with Gasteiger partial charge >= 0.3 is 24.1 Å². The number of alkyl halides is 3. The van der Waals surface area contributed by atoms with E-state index in [9.17, 15) is 31.9 Å². The molecule has 1 amide bonds. The van der Waals surface area contributed by atoms with Gasteiger partial charge in [0.2, 0.25) is 5.91 Å². The molecular weight excluding hydrogens is 566 g/mol. The van der Waals surface area contributed by atoms with E-state index < -0.39 is 23.9 Å². The molecule has 1 saturated heterocycles. The summed E-state index contributed by atoms with van der Waals surface area (Å²) in [7, 11) is 1.30. The second-order valence-electron chi connectivity index (χ2n) is 8.14. The molecule has 0 spiro atoms. The van der Waals surface area contributed by atoms with Crippen LogP contribution in [0.25, 0.3) is 0 Å². The molecule has 218 valence electrons. The van der Waals surface area contributed by atoms with Crippen LogP contribution in [-0.2, 0) is 19.1 Å². The maximum absolute atomic E-state index is 14.1. The van der Waals surface area contributed by atoms with Crippen molar-refractivity contribution in [3.05, 3.63) is 40.7 Å². The van der Waals surface area contributed by atoms with Gasteiger partial charge in [0.15, 0.2) is 16.7 Å². The number of nitrogens with one attached hydrogen (secondary N) is 2. The number of carboxylic acids is 1. The number of benzene rings is 1. The highest BCUT2D eigenvalue weighted by atomic mass is 32.1. The van der Waals surface area contributed by atoms with E-state index in [0.29, 0.717) is 31.1 Å². The van der Waals surface area contributed by atoms with Crippen LogP contribution < -0.4 is 20.7 Å². The minimum Gasteiger partial charge on any atom is -0.475 e. The number of hydrogen-bond acceptors (Lipinski definition) is 10. The number of ether oxygens (including phenoxy) is 2. The van der Waals surface area contributed by atoms with E-state index >= 15 is 0 Å². The number of esters is 2. The Balaban J connectivity index is 0.000000708. The summed E-state index contributed by atoms with van der Waals surface area (Å²) in [5.41, 5.74) is 5.51. The maximum Gasteiger partial charge on any atom is 0.490 e. The summed E-state index contributed by atoms with van der Waals surface area (Å²) in [6.07, 6.45) is -2.37. The number of halogens is 4. The fourth-order valence-corrected chi connectivity index (χ4v) is 4.12. The highest BCUT2D eigenvalue weighted by Crippen LogP contribution is 2.29. The Morgan fingerprint density at radius 3 is 2.40 bits per heavy atom. The number of piperidine rings is 1. The molecule has 1 fully saturated rings. The Labute approximate surface area is 228 Å². The summed E-state index contributed by atoms with van der Waals surface area (Å²) in [6, 6.07) is 3.66. The highest BCUT2D eigenvalue weighted by molar-refractivity contribution is 7.17. The zero-order valence-electron chi connectivity index (χ0n) is 20.9. The van der Waals surface area contributed by atoms with Crippen molar-refractivity contribution in [3.63, 3.8) is 0 Å². The van der Waals surface area contributed by atoms with E-state index in [4.69, 9.17) is 25.8 Å². The summed E-state index contributed by atoms with van der Waals surface area (Å²) in [6.45, 7) is 1.40. The van der Waals surface area contributed by atoms with E-state index in [2.05, 4.69) is 15.0 Å². The zero-order valence-corrected chi connectivity index (χ0v) is 21.7. The number of nitrogens with zero attached hydrogens (tertiary/aromatic N) is 2. The zero-order chi connectivity index (χ0) is 30.0. The Bertz CT molecular complexity index is 1250. The number of hydrogen-bond donors (Lipinski definition) is 4. The van der Waals surface area contributed by atoms with Crippen LogP contribution in [-0.4, -0.2) is 72.7 Å². The van der Waals surface area contributed by atoms with Gasteiger partial charge in [0.25, 0.3) is 0 Å². The van der Waals surface area contributed by atoms with Crippen LogP contribution in [0.5, 0.6) is 5.75 Å². The average Bonchev–Trinajstić information content (AvgIpc) is 3.40. The lowest BCUT2D eigenvalue weighted by molar-refractivity contribution is -0.192. The topological polar surface area (TPSA) is 185 Å². The lowest BCUT2D eigenvalue weighted by Crippen LogP contribution is -2.41. The van der Waals surface area contributed by atoms with Gasteiger partial charge in [0.05, 0.1) is 19.7 Å². The lowest BCUT2D eigenvalue weighted by atomic mass is 9.96. The van der Waals surface area contributed by atoms with Crippen LogP contribution >= 0.6 is 11.3 Å². The average molecular weight is 592 g/mol. The minimum atomic E-state index is -5.08. The Morgan fingerprint density at radius 2 is 1.88 bits per heavy atom. The van der Waals surface area contributed by atoms with E-state index in [1.54, 1.807) is 0 Å². The van der Waals surface area contributed by atoms with Gasteiger partial charge in [-0.15, -0.1) is 0 Å². The molecule has 1 aromatic carbocycles. The molecule has 2 aromatic rings. The van der Waals surface area contributed by atoms with Crippen molar-refractivity contribution < 1.29 is 51.3 Å². The number of aromatic nitrogens is 1. The first-order valence-electron chi connectivity index (χ1n) is 11.4. The first kappa shape index (κ1) is 31.9. The molecule has 0 saturated carbocycles. The third-order valence-electron chi connectivity index (χ3n) is 5.38. The Hall–Kier alpha value is -4.28. The molecule has 1 aliphatic heterocycles. The van der Waals surface area contributed by atoms with Crippen LogP contribution in [0.2, 0.25) is 0 Å². The van der Waals surface area contributed by atoms with Crippen molar-refractivity contribution in [1.29, 1.82) is 5.41 Å². The van der Waals surface area contributed by atoms with Gasteiger partial charge in [-0.25, -0.2) is 19.0 Å². The van der Waals surface area contributed by atoms with Gasteiger partial charge < -0.3 is 30.5 Å². The molecule has 0 atom stereocenters. The lowest BCUT2D eigenvalue weighted by Gasteiger charge is -2.31. The van der Waals surface area contributed by atoms with Crippen LogP contribution in [0.4, 0.5) is 22.7 Å². The number of anilines is 1. The molecule has 2 heterocycles. The number of carboxylic acid groups (broad SMARTS) is 1. The molecule has 0 bridgehead atoms. The summed E-state index contributed by atoms with van der Waals surface area (Å²) in [5, 5.41) is 17.8. The molecule has 12 nitrogen and oxygen atoms in total. The first-order valence-corrected chi connectivity index (χ1v) is 12.3. The fraction of sp³-hybridized carbons (Fsp3) is 0.391. The summed E-state index contributed by atoms with van der Waals surface area (Å²) in [5.74, 6) is -5.49. The van der Waals surface area contributed by atoms with E-state index in [1.165, 1.54) is 25.4 Å². The second-order valence-corrected chi connectivity index (χ2v) is 9.15. The monoisotopic (exact) mass is 591 g/mol. The van der Waals surface area contributed by atoms with Gasteiger partial charge in [0.1, 0.15) is 10.7 Å². The van der Waals surface area contributed by atoms with Crippen molar-refractivity contribution >= 4 is 46.1 Å². The van der Waals surface area contributed by atoms with Crippen molar-refractivity contribution in [2.45, 2.75) is 25.4 Å². The van der Waals surface area contributed by atoms with Gasteiger partial charge in [0, 0.05) is 31.1 Å². The normalized spacial score (nSPS) is 13.5. The summed E-state index contributed by atoms with van der Waals surface area (Å²) in [4.78, 5) is 51.1. The number of rotatable bonds is 8. The van der Waals surface area contributed by atoms with Crippen molar-refractivity contribution in [2.75, 3.05) is 31.6 Å². The molecule has 40 heavy (non-hydrogen) atoms. The van der Waals surface area contributed by atoms with Crippen LogP contribution in [0.1, 0.15) is 34.5 Å². The van der Waals surface area contributed by atoms with Crippen molar-refractivity contribution in [2.24, 2.45) is 11.7 Å². The second kappa shape index (κ2) is 14.2. The van der Waals surface area contributed by atoms with E-state index in [0.717, 1.165) is 17.4 Å². The van der Waals surface area contributed by atoms with Crippen LogP contribution in [0.3, 0.4) is 0 Å². The first-order chi connectivity index (χ1) is 18.7. The number of aliphatic carboxylic acids is 1. The van der Waals surface area contributed by atoms with Gasteiger partial charge in [-0.05, 0) is 31.0 Å². The molecule has 0 aliphatic carbocycles. The number of methoxy groups -OCH3 is 1. The van der Waals surface area contributed by atoms with Crippen molar-refractivity contribution in [3.8, 4) is 5.75 Å². The molecular formula is C23H25F4N5O7S. The Morgan fingerprint density at radius 1 is 1.25 bits per heavy atom. The molecule has 0 unspecified atom stereocenters. The number of amidine groups is 1. The summed E-state index contributed by atoms with van der Waals surface area (Å²) >= 11 is 1.12. The number of nitrogens with two attached hydrogens (primary N) is 1. The fourth-order valence-electron chi connectivity index (χ4n) is 3.27. The number of amides is 1. The quantitative estimate of drug-likeness (QED) is 0.117. The minimum absolute atomic E-state index is 0.0974. The summed E-state index contributed by atoms with van der Waals surface area (Å²) < 4.78 is 55.5. The standard InChI is InChI=1S/C21H24FN5O5S.C2HF3O2/c1-31-17(28)4-7-25-19(29)12-5-8-27(9-6-12)21-26-11-16(33-21)20(30)32-15-3-2-13(18(23)24)10-14(15)22;3-2(4,5)1(6)7/h2-3,10-12H,4-9H2,1H3,(H3,23,24)(H,25,29);(H,6,7). The predicted molar refractivity (Wildman–Crippen MR) is 133 cm³/mol. The van der Waals surface area contributed by atoms with Crippen LogP contribution in [0.15, 0.2) is 24.4 Å². The molecule has 1 aliphatic rings. The van der Waals surface area contributed by atoms with Crippen LogP contribution in [0, 0.1) is 17.1 Å². The molecule has 17 heteroatoms. The third-order valence-corrected chi connectivity index (χ3v) is 6.41. The molecule has 3 rings (SSSR count). The van der Waals surface area contributed by atoms with Gasteiger partial charge in [-0.1, -0.05) is 11.3 Å². The largest absolute Gasteiger partial charge is 0.490 e. The number of carbonyl (C=O) groups is 4. The smallest absolute Gasteiger partial charge is 0.475 e. The number of nitrogen functional groups attached to an aromatic ring is 1. The Kier molecular flexibility index (Phi) is 11.3. The number of thiazole rings is 1. The maximum atomic E-state index is 14.1. The van der Waals surface area contributed by atoms with E-state index in [1.807, 2.05) is 4.90 Å². The third kappa shape index (κ3) is 9.48. The van der Waals surface area contributed by atoms with E-state index in [-0.39, 0.29) is 52.8 Å². The number of carbonyl (C=O) groups excluding carboxylic acids is 3. The predicted octanol–water partition coefficient (Wildman–Crippen LogP) is 2.31. The van der Waals surface area contributed by atoms with Gasteiger partial charge in [-0.3, -0.25) is 15.0 Å². The molecule has 1 aromatic heterocycles. The molecule has 0 radical (unpaired) electrons. The highest BCUT2D eigenvalue weighted by Gasteiger charge is 2.38. The van der Waals surface area contributed by atoms with Crippen molar-refractivity contribution in [1.82, 2.24) is 10.3 Å². The SMILES string of the molecule is COC(=O)CCNC(=O)C1CCN(c2ncc(C(=O)Oc3ccc(C(=N)N)cc3F)s2)CC1.O=C(O)C(F)(F)F. The van der Waals surface area contributed by atoms with Gasteiger partial charge in [-0.2, -0.15) is 13.2 Å². The molecule has 5 N–H and O–H groups in total.